The molecule has 1 atom stereocenters. The van der Waals surface area contributed by atoms with Gasteiger partial charge in [-0.15, -0.1) is 0 Å². The molecule has 0 radical (unpaired) electrons. The lowest BCUT2D eigenvalue weighted by atomic mass is 9.98. The molecule has 2 aromatic rings. The van der Waals surface area contributed by atoms with Gasteiger partial charge in [-0.2, -0.15) is 0 Å². The molecule has 0 saturated carbocycles. The van der Waals surface area contributed by atoms with E-state index in [0.29, 0.717) is 24.2 Å². The van der Waals surface area contributed by atoms with Gasteiger partial charge in [0, 0.05) is 19.1 Å². The Kier molecular flexibility index (Phi) is 4.42. The molecular formula is C15H19NO4. The normalized spacial score (nSPS) is 14.2. The molecule has 1 aromatic heterocycles. The molecule has 0 aliphatic rings. The van der Waals surface area contributed by atoms with Crippen molar-refractivity contribution in [2.24, 2.45) is 0 Å². The first-order valence-corrected chi connectivity index (χ1v) is 6.48. The summed E-state index contributed by atoms with van der Waals surface area (Å²) in [4.78, 5) is 12.4. The average molecular weight is 277 g/mol. The zero-order chi connectivity index (χ0) is 14.6. The molecule has 0 spiro atoms. The van der Waals surface area contributed by atoms with Crippen molar-refractivity contribution >= 4 is 16.9 Å². The van der Waals surface area contributed by atoms with Crippen molar-refractivity contribution in [2.45, 2.75) is 18.9 Å². The van der Waals surface area contributed by atoms with Gasteiger partial charge < -0.3 is 19.6 Å². The fourth-order valence-electron chi connectivity index (χ4n) is 2.23. The predicted molar refractivity (Wildman–Crippen MR) is 75.7 cm³/mol. The van der Waals surface area contributed by atoms with Crippen LogP contribution in [0.2, 0.25) is 0 Å². The first-order chi connectivity index (χ1) is 9.59. The molecule has 0 fully saturated rings. The van der Waals surface area contributed by atoms with Gasteiger partial charge in [-0.1, -0.05) is 18.2 Å². The van der Waals surface area contributed by atoms with Crippen molar-refractivity contribution in [3.05, 3.63) is 36.1 Å². The fourth-order valence-corrected chi connectivity index (χ4v) is 2.23. The smallest absolute Gasteiger partial charge is 0.255 e. The summed E-state index contributed by atoms with van der Waals surface area (Å²) in [6, 6.07) is 7.37. The maximum Gasteiger partial charge on any atom is 0.255 e. The van der Waals surface area contributed by atoms with Crippen LogP contribution in [0.3, 0.4) is 0 Å². The van der Waals surface area contributed by atoms with Gasteiger partial charge in [0.15, 0.2) is 0 Å². The third-order valence-corrected chi connectivity index (χ3v) is 3.27. The molecule has 1 unspecified atom stereocenters. The van der Waals surface area contributed by atoms with Crippen LogP contribution < -0.4 is 5.32 Å². The molecular weight excluding hydrogens is 258 g/mol. The maximum atomic E-state index is 12.4. The Morgan fingerprint density at radius 1 is 1.45 bits per heavy atom. The third-order valence-electron chi connectivity index (χ3n) is 3.27. The van der Waals surface area contributed by atoms with Crippen LogP contribution >= 0.6 is 0 Å². The average Bonchev–Trinajstić information content (AvgIpc) is 2.82. The first kappa shape index (κ1) is 14.6. The van der Waals surface area contributed by atoms with E-state index in [0.717, 1.165) is 5.39 Å². The van der Waals surface area contributed by atoms with Gasteiger partial charge in [0.05, 0.1) is 17.7 Å². The van der Waals surface area contributed by atoms with E-state index in [1.807, 2.05) is 31.2 Å². The number of carbonyl (C=O) groups excluding carboxylic acids is 1. The minimum Gasteiger partial charge on any atom is -0.463 e. The number of benzene rings is 1. The Balaban J connectivity index is 2.22. The molecule has 108 valence electrons. The van der Waals surface area contributed by atoms with Gasteiger partial charge >= 0.3 is 0 Å². The molecule has 1 amide bonds. The van der Waals surface area contributed by atoms with Gasteiger partial charge in [0.2, 0.25) is 0 Å². The minimum atomic E-state index is -0.612. The zero-order valence-corrected chi connectivity index (χ0v) is 11.7. The van der Waals surface area contributed by atoms with E-state index in [9.17, 15) is 4.79 Å². The summed E-state index contributed by atoms with van der Waals surface area (Å²) in [5, 5.41) is 12.8. The molecule has 5 heteroatoms. The van der Waals surface area contributed by atoms with E-state index in [4.69, 9.17) is 14.3 Å². The number of rotatable bonds is 6. The van der Waals surface area contributed by atoms with Crippen LogP contribution in [-0.2, 0) is 4.74 Å². The lowest BCUT2D eigenvalue weighted by Crippen LogP contribution is -2.50. The number of para-hydroxylation sites is 1. The molecule has 5 nitrogen and oxygen atoms in total. The van der Waals surface area contributed by atoms with Crippen molar-refractivity contribution in [2.75, 3.05) is 20.3 Å². The molecule has 1 aromatic carbocycles. The second kappa shape index (κ2) is 6.07. The van der Waals surface area contributed by atoms with E-state index in [1.165, 1.54) is 6.26 Å². The molecule has 1 heterocycles. The molecule has 0 bridgehead atoms. The SMILES string of the molecule is COCC(C)(CCO)NC(=O)c1coc2ccccc12. The molecule has 2 rings (SSSR count). The van der Waals surface area contributed by atoms with Crippen molar-refractivity contribution in [1.29, 1.82) is 0 Å². The number of hydrogen-bond acceptors (Lipinski definition) is 4. The molecule has 20 heavy (non-hydrogen) atoms. The summed E-state index contributed by atoms with van der Waals surface area (Å²) < 4.78 is 10.5. The molecule has 0 aliphatic heterocycles. The Bertz CT molecular complexity index is 584. The number of fused-ring (bicyclic) bond motifs is 1. The van der Waals surface area contributed by atoms with E-state index in [1.54, 1.807) is 7.11 Å². The van der Waals surface area contributed by atoms with Crippen molar-refractivity contribution in [1.82, 2.24) is 5.32 Å². The lowest BCUT2D eigenvalue weighted by Gasteiger charge is -2.29. The minimum absolute atomic E-state index is 0.0216. The molecule has 0 aliphatic carbocycles. The largest absolute Gasteiger partial charge is 0.463 e. The van der Waals surface area contributed by atoms with Crippen LogP contribution in [0.1, 0.15) is 23.7 Å². The van der Waals surface area contributed by atoms with Crippen molar-refractivity contribution < 1.29 is 19.1 Å². The fraction of sp³-hybridized carbons (Fsp3) is 0.400. The van der Waals surface area contributed by atoms with E-state index >= 15 is 0 Å². The topological polar surface area (TPSA) is 71.7 Å². The Morgan fingerprint density at radius 3 is 2.90 bits per heavy atom. The standard InChI is InChI=1S/C15H19NO4/c1-15(7-8-17,10-19-2)16-14(18)12-9-20-13-6-4-3-5-11(12)13/h3-6,9,17H,7-8,10H2,1-2H3,(H,16,18). The summed E-state index contributed by atoms with van der Waals surface area (Å²) in [6.45, 7) is 2.15. The predicted octanol–water partition coefficient (Wildman–Crippen LogP) is 1.95. The maximum absolute atomic E-state index is 12.4. The van der Waals surface area contributed by atoms with Gasteiger partial charge in [0.25, 0.3) is 5.91 Å². The van der Waals surface area contributed by atoms with Crippen molar-refractivity contribution in [3.63, 3.8) is 0 Å². The van der Waals surface area contributed by atoms with Crippen LogP contribution in [0.25, 0.3) is 11.0 Å². The summed E-state index contributed by atoms with van der Waals surface area (Å²) >= 11 is 0. The van der Waals surface area contributed by atoms with Crippen LogP contribution in [-0.4, -0.2) is 36.9 Å². The Labute approximate surface area is 117 Å². The van der Waals surface area contributed by atoms with E-state index in [-0.39, 0.29) is 12.5 Å². The highest BCUT2D eigenvalue weighted by Gasteiger charge is 2.27. The zero-order valence-electron chi connectivity index (χ0n) is 11.7. The monoisotopic (exact) mass is 277 g/mol. The van der Waals surface area contributed by atoms with Crippen LogP contribution in [0.15, 0.2) is 34.9 Å². The number of amides is 1. The number of aliphatic hydroxyl groups is 1. The number of nitrogens with one attached hydrogen (secondary N) is 1. The lowest BCUT2D eigenvalue weighted by molar-refractivity contribution is 0.0726. The van der Waals surface area contributed by atoms with Crippen LogP contribution in [0.5, 0.6) is 0 Å². The number of ether oxygens (including phenoxy) is 1. The van der Waals surface area contributed by atoms with Crippen LogP contribution in [0.4, 0.5) is 0 Å². The van der Waals surface area contributed by atoms with Gasteiger partial charge in [-0.25, -0.2) is 0 Å². The second-order valence-corrected chi connectivity index (χ2v) is 5.07. The van der Waals surface area contributed by atoms with Crippen LogP contribution in [0, 0.1) is 0 Å². The quantitative estimate of drug-likeness (QED) is 0.846. The number of hydrogen-bond donors (Lipinski definition) is 2. The Morgan fingerprint density at radius 2 is 2.20 bits per heavy atom. The highest BCUT2D eigenvalue weighted by atomic mass is 16.5. The van der Waals surface area contributed by atoms with Gasteiger partial charge in [0.1, 0.15) is 11.8 Å². The molecule has 2 N–H and O–H groups in total. The summed E-state index contributed by atoms with van der Waals surface area (Å²) in [5.74, 6) is -0.233. The van der Waals surface area contributed by atoms with E-state index in [2.05, 4.69) is 5.32 Å². The summed E-state index contributed by atoms with van der Waals surface area (Å²) in [7, 11) is 1.56. The second-order valence-electron chi connectivity index (χ2n) is 5.07. The summed E-state index contributed by atoms with van der Waals surface area (Å²) in [6.07, 6.45) is 1.87. The number of carbonyl (C=O) groups is 1. The van der Waals surface area contributed by atoms with Gasteiger partial charge in [-0.3, -0.25) is 4.79 Å². The molecule has 0 saturated heterocycles. The van der Waals surface area contributed by atoms with Gasteiger partial charge in [-0.05, 0) is 19.4 Å². The number of furan rings is 1. The first-order valence-electron chi connectivity index (χ1n) is 6.48. The number of methoxy groups -OCH3 is 1. The third kappa shape index (κ3) is 3.00. The number of aliphatic hydroxyl groups excluding tert-OH is 1. The highest BCUT2D eigenvalue weighted by molar-refractivity contribution is 6.06. The highest BCUT2D eigenvalue weighted by Crippen LogP contribution is 2.21. The van der Waals surface area contributed by atoms with E-state index < -0.39 is 5.54 Å². The summed E-state index contributed by atoms with van der Waals surface area (Å²) in [5.41, 5.74) is 0.549. The van der Waals surface area contributed by atoms with Crippen molar-refractivity contribution in [3.8, 4) is 0 Å². The Hall–Kier alpha value is -1.85.